The van der Waals surface area contributed by atoms with Gasteiger partial charge in [0.2, 0.25) is 5.95 Å². The first kappa shape index (κ1) is 10.3. The van der Waals surface area contributed by atoms with Crippen molar-refractivity contribution in [2.45, 2.75) is 0 Å². The molecule has 1 aromatic carbocycles. The lowest BCUT2D eigenvalue weighted by Crippen LogP contribution is -1.98. The molecule has 86 valence electrons. The highest BCUT2D eigenvalue weighted by molar-refractivity contribution is 9.10. The SMILES string of the molecule is Cn1c(N)nc(Br)c1-c1ccc2ncoc2c1. The molecule has 3 aromatic rings. The number of anilines is 1. The average molecular weight is 293 g/mol. The van der Waals surface area contributed by atoms with Crippen LogP contribution in [0.1, 0.15) is 0 Å². The Bertz CT molecular complexity index is 701. The Hall–Kier alpha value is -1.82. The molecule has 0 saturated heterocycles. The van der Waals surface area contributed by atoms with Crippen LogP contribution >= 0.6 is 15.9 Å². The van der Waals surface area contributed by atoms with Crippen molar-refractivity contribution in [3.8, 4) is 11.3 Å². The van der Waals surface area contributed by atoms with Crippen LogP contribution < -0.4 is 5.73 Å². The minimum absolute atomic E-state index is 0.463. The van der Waals surface area contributed by atoms with E-state index in [0.29, 0.717) is 5.95 Å². The molecule has 2 heterocycles. The van der Waals surface area contributed by atoms with E-state index in [1.165, 1.54) is 6.39 Å². The third-order valence-electron chi connectivity index (χ3n) is 2.69. The van der Waals surface area contributed by atoms with Crippen molar-refractivity contribution in [3.05, 3.63) is 29.2 Å². The molecule has 2 N–H and O–H groups in total. The van der Waals surface area contributed by atoms with Crippen molar-refractivity contribution < 1.29 is 4.42 Å². The second-order valence-corrected chi connectivity index (χ2v) is 4.45. The molecule has 0 aliphatic rings. The zero-order chi connectivity index (χ0) is 12.0. The Morgan fingerprint density at radius 3 is 2.94 bits per heavy atom. The number of hydrogen-bond acceptors (Lipinski definition) is 4. The van der Waals surface area contributed by atoms with Crippen LogP contribution in [0.3, 0.4) is 0 Å². The second kappa shape index (κ2) is 3.59. The maximum Gasteiger partial charge on any atom is 0.201 e. The number of rotatable bonds is 1. The molecule has 0 aliphatic carbocycles. The minimum Gasteiger partial charge on any atom is -0.443 e. The summed E-state index contributed by atoms with van der Waals surface area (Å²) in [5.41, 5.74) is 9.23. The number of nitrogen functional groups attached to an aromatic ring is 1. The Morgan fingerprint density at radius 1 is 1.41 bits per heavy atom. The van der Waals surface area contributed by atoms with Gasteiger partial charge in [-0.05, 0) is 28.1 Å². The lowest BCUT2D eigenvalue weighted by molar-refractivity contribution is 0.602. The maximum atomic E-state index is 5.76. The summed E-state index contributed by atoms with van der Waals surface area (Å²) in [5, 5.41) is 0. The number of oxazole rings is 1. The first-order chi connectivity index (χ1) is 8.16. The van der Waals surface area contributed by atoms with Gasteiger partial charge in [0.1, 0.15) is 10.1 Å². The largest absolute Gasteiger partial charge is 0.443 e. The van der Waals surface area contributed by atoms with E-state index >= 15 is 0 Å². The van der Waals surface area contributed by atoms with Crippen molar-refractivity contribution in [2.75, 3.05) is 5.73 Å². The van der Waals surface area contributed by atoms with E-state index in [0.717, 1.165) is 27.0 Å². The number of hydrogen-bond donors (Lipinski definition) is 1. The molecule has 17 heavy (non-hydrogen) atoms. The number of nitrogens with zero attached hydrogens (tertiary/aromatic N) is 3. The molecule has 0 fully saturated rings. The first-order valence-electron chi connectivity index (χ1n) is 4.98. The predicted molar refractivity (Wildman–Crippen MR) is 68.3 cm³/mol. The molecule has 0 radical (unpaired) electrons. The summed E-state index contributed by atoms with van der Waals surface area (Å²) >= 11 is 3.40. The molecule has 0 amide bonds. The van der Waals surface area contributed by atoms with Gasteiger partial charge in [-0.2, -0.15) is 0 Å². The minimum atomic E-state index is 0.463. The standard InChI is InChI=1S/C11H9BrN4O/c1-16-9(10(12)15-11(16)13)6-2-3-7-8(4-6)17-5-14-7/h2-5H,1H3,(H2,13,15). The number of imidazole rings is 1. The molecule has 0 unspecified atom stereocenters. The summed E-state index contributed by atoms with van der Waals surface area (Å²) in [6, 6.07) is 5.79. The zero-order valence-electron chi connectivity index (χ0n) is 9.01. The van der Waals surface area contributed by atoms with Crippen LogP contribution in [0, 0.1) is 0 Å². The van der Waals surface area contributed by atoms with E-state index < -0.39 is 0 Å². The predicted octanol–water partition coefficient (Wildman–Crippen LogP) is 2.57. The van der Waals surface area contributed by atoms with Gasteiger partial charge >= 0.3 is 0 Å². The number of nitrogens with two attached hydrogens (primary N) is 1. The number of benzene rings is 1. The fraction of sp³-hybridized carbons (Fsp3) is 0.0909. The summed E-state index contributed by atoms with van der Waals surface area (Å²) in [4.78, 5) is 8.24. The van der Waals surface area contributed by atoms with Crippen molar-refractivity contribution in [3.63, 3.8) is 0 Å². The first-order valence-corrected chi connectivity index (χ1v) is 5.77. The molecule has 5 nitrogen and oxygen atoms in total. The van der Waals surface area contributed by atoms with Gasteiger partial charge in [-0.1, -0.05) is 6.07 Å². The monoisotopic (exact) mass is 292 g/mol. The summed E-state index contributed by atoms with van der Waals surface area (Å²) in [6.07, 6.45) is 1.43. The van der Waals surface area contributed by atoms with Gasteiger partial charge in [0.25, 0.3) is 0 Å². The topological polar surface area (TPSA) is 69.9 Å². The highest BCUT2D eigenvalue weighted by atomic mass is 79.9. The molecular formula is C11H9BrN4O. The average Bonchev–Trinajstić information content (AvgIpc) is 2.84. The lowest BCUT2D eigenvalue weighted by Gasteiger charge is -2.03. The number of aromatic nitrogens is 3. The van der Waals surface area contributed by atoms with E-state index in [-0.39, 0.29) is 0 Å². The second-order valence-electron chi connectivity index (χ2n) is 3.70. The van der Waals surface area contributed by atoms with Crippen LogP contribution in [0.15, 0.2) is 33.6 Å². The van der Waals surface area contributed by atoms with Crippen LogP contribution in [0.2, 0.25) is 0 Å². The summed E-state index contributed by atoms with van der Waals surface area (Å²) < 4.78 is 7.82. The Morgan fingerprint density at radius 2 is 2.24 bits per heavy atom. The molecule has 6 heteroatoms. The van der Waals surface area contributed by atoms with Crippen molar-refractivity contribution in [1.82, 2.24) is 14.5 Å². The molecule has 0 saturated carbocycles. The van der Waals surface area contributed by atoms with Crippen molar-refractivity contribution in [1.29, 1.82) is 0 Å². The van der Waals surface area contributed by atoms with Crippen LogP contribution in [-0.4, -0.2) is 14.5 Å². The molecule has 2 aromatic heterocycles. The Labute approximate surface area is 105 Å². The van der Waals surface area contributed by atoms with E-state index in [2.05, 4.69) is 25.9 Å². The fourth-order valence-corrected chi connectivity index (χ4v) is 2.47. The Balaban J connectivity index is 2.26. The van der Waals surface area contributed by atoms with Crippen LogP contribution in [0.5, 0.6) is 0 Å². The summed E-state index contributed by atoms with van der Waals surface area (Å²) in [6.45, 7) is 0. The van der Waals surface area contributed by atoms with E-state index in [1.807, 2.05) is 29.8 Å². The van der Waals surface area contributed by atoms with Crippen molar-refractivity contribution >= 4 is 33.0 Å². The maximum absolute atomic E-state index is 5.76. The summed E-state index contributed by atoms with van der Waals surface area (Å²) in [5.74, 6) is 0.463. The van der Waals surface area contributed by atoms with E-state index in [9.17, 15) is 0 Å². The van der Waals surface area contributed by atoms with Gasteiger partial charge in [-0.3, -0.25) is 0 Å². The molecule has 0 atom stereocenters. The molecule has 0 bridgehead atoms. The highest BCUT2D eigenvalue weighted by Gasteiger charge is 2.13. The third kappa shape index (κ3) is 1.52. The van der Waals surface area contributed by atoms with E-state index in [4.69, 9.17) is 10.2 Å². The quantitative estimate of drug-likeness (QED) is 0.748. The smallest absolute Gasteiger partial charge is 0.201 e. The molecule has 3 rings (SSSR count). The van der Waals surface area contributed by atoms with Crippen LogP contribution in [0.25, 0.3) is 22.4 Å². The number of halogens is 1. The summed E-state index contributed by atoms with van der Waals surface area (Å²) in [7, 11) is 1.87. The van der Waals surface area contributed by atoms with Gasteiger partial charge in [0, 0.05) is 12.6 Å². The molecular weight excluding hydrogens is 284 g/mol. The molecule has 0 aliphatic heterocycles. The van der Waals surface area contributed by atoms with Crippen LogP contribution in [-0.2, 0) is 7.05 Å². The molecule has 0 spiro atoms. The lowest BCUT2D eigenvalue weighted by atomic mass is 10.1. The van der Waals surface area contributed by atoms with Gasteiger partial charge in [-0.25, -0.2) is 9.97 Å². The highest BCUT2D eigenvalue weighted by Crippen LogP contribution is 2.31. The Kier molecular flexibility index (Phi) is 2.19. The number of fused-ring (bicyclic) bond motifs is 1. The normalized spacial score (nSPS) is 11.2. The zero-order valence-corrected chi connectivity index (χ0v) is 10.6. The van der Waals surface area contributed by atoms with Crippen molar-refractivity contribution in [2.24, 2.45) is 7.05 Å². The van der Waals surface area contributed by atoms with Gasteiger partial charge in [0.05, 0.1) is 5.69 Å². The van der Waals surface area contributed by atoms with Gasteiger partial charge in [0.15, 0.2) is 12.0 Å². The third-order valence-corrected chi connectivity index (χ3v) is 3.24. The van der Waals surface area contributed by atoms with Gasteiger partial charge < -0.3 is 14.7 Å². The fourth-order valence-electron chi connectivity index (χ4n) is 1.80. The van der Waals surface area contributed by atoms with E-state index in [1.54, 1.807) is 0 Å². The van der Waals surface area contributed by atoms with Crippen LogP contribution in [0.4, 0.5) is 5.95 Å². The van der Waals surface area contributed by atoms with Gasteiger partial charge in [-0.15, -0.1) is 0 Å².